The van der Waals surface area contributed by atoms with Crippen LogP contribution in [-0.2, 0) is 14.3 Å². The first-order valence-corrected chi connectivity index (χ1v) is 8.72. The summed E-state index contributed by atoms with van der Waals surface area (Å²) in [7, 11) is -3.23. The van der Waals surface area contributed by atoms with Crippen LogP contribution in [0.1, 0.15) is 71.1 Å². The number of rotatable bonds is 12. The van der Waals surface area contributed by atoms with Gasteiger partial charge < -0.3 is 0 Å². The molecule has 2 radical (unpaired) electrons. The van der Waals surface area contributed by atoms with Gasteiger partial charge in [-0.05, 0) is 6.42 Å². The number of unbranched alkanes of at least 4 members (excludes halogenated alkanes) is 9. The van der Waals surface area contributed by atoms with Gasteiger partial charge in [0.2, 0.25) is 0 Å². The molecule has 18 heavy (non-hydrogen) atoms. The molecule has 0 atom stereocenters. The third kappa shape index (κ3) is 19.1. The van der Waals surface area contributed by atoms with Crippen molar-refractivity contribution in [3.8, 4) is 0 Å². The molecule has 0 saturated carbocycles. The van der Waals surface area contributed by atoms with Gasteiger partial charge in [0.25, 0.3) is 10.1 Å². The van der Waals surface area contributed by atoms with Gasteiger partial charge in [0.15, 0.2) is 0 Å². The summed E-state index contributed by atoms with van der Waals surface area (Å²) in [6.07, 6.45) is 13.6. The quantitative estimate of drug-likeness (QED) is 0.295. The zero-order valence-electron chi connectivity index (χ0n) is 12.1. The summed E-state index contributed by atoms with van der Waals surface area (Å²) in [6, 6.07) is 0. The maximum absolute atomic E-state index is 10.7. The van der Waals surface area contributed by atoms with E-state index in [1.54, 1.807) is 0 Å². The molecule has 0 aliphatic heterocycles. The molecule has 110 valence electrons. The number of hydrogen-bond acceptors (Lipinski definition) is 3. The van der Waals surface area contributed by atoms with Crippen molar-refractivity contribution in [3.63, 3.8) is 0 Å². The van der Waals surface area contributed by atoms with Gasteiger partial charge in [0, 0.05) is 0 Å². The van der Waals surface area contributed by atoms with Crippen LogP contribution in [0, 0.1) is 0 Å². The van der Waals surface area contributed by atoms with Crippen LogP contribution in [0.4, 0.5) is 0 Å². The van der Waals surface area contributed by atoms with E-state index in [9.17, 15) is 8.42 Å². The molecule has 0 fully saturated rings. The zero-order chi connectivity index (χ0) is 13.0. The van der Waals surface area contributed by atoms with Gasteiger partial charge in [-0.15, -0.1) is 0 Å². The van der Waals surface area contributed by atoms with Crippen molar-refractivity contribution in [3.05, 3.63) is 0 Å². The first kappa shape index (κ1) is 21.0. The molecule has 0 unspecified atom stereocenters. The molecule has 3 nitrogen and oxygen atoms in total. The van der Waals surface area contributed by atoms with Crippen LogP contribution in [0.5, 0.6) is 0 Å². The normalized spacial score (nSPS) is 11.2. The Hall–Kier alpha value is 0.709. The van der Waals surface area contributed by atoms with Crippen molar-refractivity contribution in [2.75, 3.05) is 12.9 Å². The Morgan fingerprint density at radius 2 is 1.17 bits per heavy atom. The molecular formula is C13H30O3SSn. The molecule has 0 aromatic carbocycles. The monoisotopic (exact) mass is 386 g/mol. The average molecular weight is 385 g/mol. The predicted molar refractivity (Wildman–Crippen MR) is 81.2 cm³/mol. The van der Waals surface area contributed by atoms with E-state index in [2.05, 4.69) is 11.1 Å². The Kier molecular flexibility index (Phi) is 16.5. The Labute approximate surface area is 130 Å². The van der Waals surface area contributed by atoms with Crippen LogP contribution < -0.4 is 0 Å². The van der Waals surface area contributed by atoms with E-state index in [1.165, 1.54) is 51.4 Å². The third-order valence-corrected chi connectivity index (χ3v) is 3.39. The minimum absolute atomic E-state index is 0. The standard InChI is InChI=1S/C13H28O3S.Sn.2H/c1-3-4-5-6-7-8-9-10-11-12-13-16-17(2,14)15;;;/h3-13H2,1-2H3;;;. The van der Waals surface area contributed by atoms with Gasteiger partial charge in [-0.1, -0.05) is 64.7 Å². The molecule has 0 aromatic rings. The summed E-state index contributed by atoms with van der Waals surface area (Å²) < 4.78 is 26.0. The summed E-state index contributed by atoms with van der Waals surface area (Å²) in [5.74, 6) is 0. The summed E-state index contributed by atoms with van der Waals surface area (Å²) in [4.78, 5) is 0. The molecule has 0 rings (SSSR count). The molecule has 0 bridgehead atoms. The summed E-state index contributed by atoms with van der Waals surface area (Å²) in [5.41, 5.74) is 0. The van der Waals surface area contributed by atoms with Gasteiger partial charge >= 0.3 is 23.9 Å². The first-order chi connectivity index (χ1) is 8.06. The Morgan fingerprint density at radius 3 is 1.56 bits per heavy atom. The van der Waals surface area contributed by atoms with E-state index >= 15 is 0 Å². The Bertz CT molecular complexity index is 253. The van der Waals surface area contributed by atoms with Crippen molar-refractivity contribution in [1.29, 1.82) is 0 Å². The van der Waals surface area contributed by atoms with Crippen molar-refractivity contribution < 1.29 is 12.6 Å². The fraction of sp³-hybridized carbons (Fsp3) is 1.00. The molecular weight excluding hydrogens is 355 g/mol. The van der Waals surface area contributed by atoms with Crippen LogP contribution in [-0.4, -0.2) is 45.2 Å². The van der Waals surface area contributed by atoms with E-state index in [0.29, 0.717) is 6.61 Å². The Morgan fingerprint density at radius 1 is 0.778 bits per heavy atom. The van der Waals surface area contributed by atoms with Gasteiger partial charge in [-0.25, -0.2) is 0 Å². The topological polar surface area (TPSA) is 43.4 Å². The van der Waals surface area contributed by atoms with Crippen molar-refractivity contribution in [1.82, 2.24) is 0 Å². The Balaban J connectivity index is 0. The van der Waals surface area contributed by atoms with Gasteiger partial charge in [0.05, 0.1) is 12.9 Å². The molecule has 5 heteroatoms. The molecule has 0 aliphatic rings. The molecule has 0 N–H and O–H groups in total. The molecule has 0 saturated heterocycles. The van der Waals surface area contributed by atoms with E-state index < -0.39 is 10.1 Å². The molecule has 0 heterocycles. The van der Waals surface area contributed by atoms with Crippen LogP contribution in [0.3, 0.4) is 0 Å². The van der Waals surface area contributed by atoms with Crippen molar-refractivity contribution in [2.24, 2.45) is 0 Å². The van der Waals surface area contributed by atoms with Crippen molar-refractivity contribution >= 4 is 34.0 Å². The second-order valence-electron chi connectivity index (χ2n) is 4.71. The second-order valence-corrected chi connectivity index (χ2v) is 6.35. The summed E-state index contributed by atoms with van der Waals surface area (Å²) in [5, 5.41) is 0. The summed E-state index contributed by atoms with van der Waals surface area (Å²) in [6.45, 7) is 2.58. The maximum atomic E-state index is 10.7. The average Bonchev–Trinajstić information content (AvgIpc) is 2.24. The van der Waals surface area contributed by atoms with E-state index in [4.69, 9.17) is 0 Å². The van der Waals surface area contributed by atoms with Crippen LogP contribution in [0.15, 0.2) is 0 Å². The van der Waals surface area contributed by atoms with Gasteiger partial charge in [0.1, 0.15) is 0 Å². The molecule has 0 amide bonds. The van der Waals surface area contributed by atoms with Gasteiger partial charge in [-0.2, -0.15) is 8.42 Å². The van der Waals surface area contributed by atoms with Crippen molar-refractivity contribution in [2.45, 2.75) is 71.1 Å². The fourth-order valence-electron chi connectivity index (χ4n) is 1.80. The zero-order valence-corrected chi connectivity index (χ0v) is 17.0. The second kappa shape index (κ2) is 14.1. The minimum atomic E-state index is -3.23. The number of hydrogen-bond donors (Lipinski definition) is 0. The van der Waals surface area contributed by atoms with Crippen LogP contribution in [0.2, 0.25) is 0 Å². The third-order valence-electron chi connectivity index (χ3n) is 2.80. The predicted octanol–water partition coefficient (Wildman–Crippen LogP) is 2.97. The molecule has 0 aliphatic carbocycles. The summed E-state index contributed by atoms with van der Waals surface area (Å²) >= 11 is 0. The molecule has 0 aromatic heterocycles. The van der Waals surface area contributed by atoms with Crippen LogP contribution in [0.25, 0.3) is 0 Å². The van der Waals surface area contributed by atoms with E-state index in [-0.39, 0.29) is 23.9 Å². The van der Waals surface area contributed by atoms with E-state index in [0.717, 1.165) is 19.1 Å². The first-order valence-electron chi connectivity index (χ1n) is 6.90. The fourth-order valence-corrected chi connectivity index (χ4v) is 2.22. The SMILES string of the molecule is CCCCCCCCCCCCOS(C)(=O)=O.[SnH2]. The van der Waals surface area contributed by atoms with E-state index in [1.807, 2.05) is 0 Å². The van der Waals surface area contributed by atoms with Crippen LogP contribution >= 0.6 is 0 Å². The van der Waals surface area contributed by atoms with Gasteiger partial charge in [-0.3, -0.25) is 4.18 Å². The molecule has 0 spiro atoms.